The highest BCUT2D eigenvalue weighted by Crippen LogP contribution is 2.43. The Morgan fingerprint density at radius 3 is 0.988 bits per heavy atom. The fourth-order valence-electron chi connectivity index (χ4n) is 11.6. The molecular formula is C75H148N2O6P+. The maximum Gasteiger partial charge on any atom is 0.472 e. The Kier molecular flexibility index (Phi) is 65.1. The number of phosphoric ester groups is 1. The van der Waals surface area contributed by atoms with Crippen molar-refractivity contribution in [1.29, 1.82) is 0 Å². The van der Waals surface area contributed by atoms with Crippen LogP contribution in [-0.2, 0) is 18.4 Å². The van der Waals surface area contributed by atoms with E-state index in [2.05, 4.69) is 55.6 Å². The zero-order valence-corrected chi connectivity index (χ0v) is 58.1. The van der Waals surface area contributed by atoms with E-state index in [0.29, 0.717) is 23.9 Å². The zero-order chi connectivity index (χ0) is 61.2. The van der Waals surface area contributed by atoms with Gasteiger partial charge in [-0.25, -0.2) is 4.57 Å². The number of allylic oxidation sites excluding steroid dienone is 6. The molecule has 0 radical (unpaired) electrons. The molecule has 0 rings (SSSR count). The first-order chi connectivity index (χ1) is 41.0. The van der Waals surface area contributed by atoms with E-state index in [1.165, 1.54) is 308 Å². The molecule has 0 aromatic rings. The van der Waals surface area contributed by atoms with Crippen molar-refractivity contribution in [3.8, 4) is 0 Å². The largest absolute Gasteiger partial charge is 0.472 e. The lowest BCUT2D eigenvalue weighted by molar-refractivity contribution is -0.870. The first-order valence-electron chi connectivity index (χ1n) is 37.4. The number of hydrogen-bond donors (Lipinski definition) is 3. The highest BCUT2D eigenvalue weighted by atomic mass is 31.2. The van der Waals surface area contributed by atoms with Gasteiger partial charge >= 0.3 is 7.82 Å². The fraction of sp³-hybridized carbons (Fsp3) is 0.907. The van der Waals surface area contributed by atoms with E-state index in [4.69, 9.17) is 9.05 Å². The maximum atomic E-state index is 13.1. The van der Waals surface area contributed by atoms with Crippen molar-refractivity contribution in [2.24, 2.45) is 0 Å². The van der Waals surface area contributed by atoms with Crippen molar-refractivity contribution in [2.45, 2.75) is 398 Å². The van der Waals surface area contributed by atoms with Crippen LogP contribution in [0.4, 0.5) is 0 Å². The van der Waals surface area contributed by atoms with Crippen LogP contribution in [0.5, 0.6) is 0 Å². The molecule has 1 amide bonds. The van der Waals surface area contributed by atoms with Gasteiger partial charge in [0.25, 0.3) is 0 Å². The van der Waals surface area contributed by atoms with Crippen molar-refractivity contribution < 1.29 is 32.9 Å². The summed E-state index contributed by atoms with van der Waals surface area (Å²) in [5, 5.41) is 14.2. The number of nitrogens with one attached hydrogen (secondary N) is 1. The Balaban J connectivity index is 3.94. The van der Waals surface area contributed by atoms with Crippen molar-refractivity contribution >= 4 is 13.7 Å². The van der Waals surface area contributed by atoms with E-state index in [-0.39, 0.29) is 19.1 Å². The molecule has 0 aliphatic carbocycles. The molecule has 8 nitrogen and oxygen atoms in total. The number of aliphatic hydroxyl groups excluding tert-OH is 1. The van der Waals surface area contributed by atoms with Crippen LogP contribution in [0.1, 0.15) is 386 Å². The van der Waals surface area contributed by atoms with Crippen LogP contribution in [0.15, 0.2) is 36.5 Å². The third-order valence-corrected chi connectivity index (χ3v) is 18.4. The molecule has 0 aromatic carbocycles. The lowest BCUT2D eigenvalue weighted by atomic mass is 10.0. The van der Waals surface area contributed by atoms with Crippen LogP contribution in [0.25, 0.3) is 0 Å². The summed E-state index contributed by atoms with van der Waals surface area (Å²) in [4.78, 5) is 23.5. The van der Waals surface area contributed by atoms with Gasteiger partial charge in [-0.3, -0.25) is 13.8 Å². The van der Waals surface area contributed by atoms with Crippen molar-refractivity contribution in [1.82, 2.24) is 5.32 Å². The lowest BCUT2D eigenvalue weighted by Crippen LogP contribution is -2.46. The van der Waals surface area contributed by atoms with Crippen LogP contribution in [-0.4, -0.2) is 73.4 Å². The summed E-state index contributed by atoms with van der Waals surface area (Å²) in [6.45, 7) is 4.94. The molecule has 0 aliphatic rings. The second kappa shape index (κ2) is 66.1. The molecule has 9 heteroatoms. The topological polar surface area (TPSA) is 105 Å². The number of rotatable bonds is 70. The number of carbonyl (C=O) groups is 1. The van der Waals surface area contributed by atoms with Crippen molar-refractivity contribution in [2.75, 3.05) is 40.9 Å². The molecule has 0 fully saturated rings. The maximum absolute atomic E-state index is 13.1. The summed E-state index contributed by atoms with van der Waals surface area (Å²) >= 11 is 0. The average molecular weight is 1200 g/mol. The Labute approximate surface area is 525 Å². The Hall–Kier alpha value is -1.28. The van der Waals surface area contributed by atoms with Crippen molar-refractivity contribution in [3.05, 3.63) is 36.5 Å². The summed E-state index contributed by atoms with van der Waals surface area (Å²) < 4.78 is 23.9. The number of amides is 1. The molecule has 0 spiro atoms. The van der Waals surface area contributed by atoms with Crippen LogP contribution < -0.4 is 5.32 Å². The Morgan fingerprint density at radius 1 is 0.405 bits per heavy atom. The number of aliphatic hydroxyl groups is 1. The summed E-state index contributed by atoms with van der Waals surface area (Å²) in [7, 11) is 1.64. The highest BCUT2D eigenvalue weighted by molar-refractivity contribution is 7.47. The number of carbonyl (C=O) groups excluding carboxylic acids is 1. The Bertz CT molecular complexity index is 1460. The number of phosphoric acid groups is 1. The summed E-state index contributed by atoms with van der Waals surface area (Å²) in [5.74, 6) is -0.135. The van der Waals surface area contributed by atoms with Gasteiger partial charge in [-0.15, -0.1) is 0 Å². The molecule has 0 aliphatic heterocycles. The summed E-state index contributed by atoms with van der Waals surface area (Å²) in [6.07, 6.45) is 88.4. The van der Waals surface area contributed by atoms with Crippen LogP contribution in [0.2, 0.25) is 0 Å². The monoisotopic (exact) mass is 1200 g/mol. The second-order valence-corrected chi connectivity index (χ2v) is 28.5. The molecule has 498 valence electrons. The summed E-state index contributed by atoms with van der Waals surface area (Å²) in [6, 6.07) is -0.760. The van der Waals surface area contributed by atoms with Gasteiger partial charge in [0.1, 0.15) is 13.2 Å². The zero-order valence-electron chi connectivity index (χ0n) is 57.2. The van der Waals surface area contributed by atoms with Gasteiger partial charge in [-0.2, -0.15) is 0 Å². The quantitative estimate of drug-likeness (QED) is 0.0243. The number of nitrogens with zero attached hydrogens (tertiary/aromatic N) is 1. The van der Waals surface area contributed by atoms with E-state index in [1.807, 2.05) is 21.1 Å². The average Bonchev–Trinajstić information content (AvgIpc) is 3.56. The number of hydrogen-bond acceptors (Lipinski definition) is 5. The van der Waals surface area contributed by atoms with Gasteiger partial charge in [0.05, 0.1) is 39.9 Å². The van der Waals surface area contributed by atoms with Crippen LogP contribution in [0.3, 0.4) is 0 Å². The SMILES string of the molecule is CCCCCCC/C=C\C/C=C\C/C=C\CCCCCCCCCCCCCCCCCCCCCCCCC(=O)NC(COP(=O)(O)OCC[N+](C)(C)C)C(O)CCCCCCCCCCCCCCCCCCCCCCCCCCC. The number of likely N-dealkylation sites (N-methyl/N-ethyl adjacent to an activating group) is 1. The van der Waals surface area contributed by atoms with Crippen LogP contribution >= 0.6 is 7.82 Å². The van der Waals surface area contributed by atoms with Gasteiger partial charge in [0.15, 0.2) is 0 Å². The predicted octanol–water partition coefficient (Wildman–Crippen LogP) is 24.0. The van der Waals surface area contributed by atoms with Gasteiger partial charge in [0.2, 0.25) is 5.91 Å². The third-order valence-electron chi connectivity index (χ3n) is 17.4. The van der Waals surface area contributed by atoms with Gasteiger partial charge < -0.3 is 19.8 Å². The molecule has 0 saturated carbocycles. The number of unbranched alkanes of at least 4 members (excludes halogenated alkanes) is 51. The lowest BCUT2D eigenvalue weighted by Gasteiger charge is -2.26. The standard InChI is InChI=1S/C75H147N2O6P/c1-6-8-10-12-14-16-18-20-22-24-26-28-30-32-33-34-35-36-37-38-39-40-41-42-43-45-47-49-51-53-55-57-59-61-63-65-67-69-75(79)76-73(72-83-84(80,81)82-71-70-77(3,4)5)74(78)68-66-64-62-60-58-56-54-52-50-48-46-44-31-29-27-25-23-21-19-17-15-13-11-9-7-2/h18,20,24,26,30,32,73-74,78H,6-17,19,21-23,25,27-29,31,33-72H2,1-5H3,(H-,76,79,80,81)/p+1/b20-18-,26-24-,32-30-. The van der Waals surface area contributed by atoms with Crippen molar-refractivity contribution in [3.63, 3.8) is 0 Å². The molecule has 3 atom stereocenters. The predicted molar refractivity (Wildman–Crippen MR) is 369 cm³/mol. The normalized spacial score (nSPS) is 13.8. The van der Waals surface area contributed by atoms with E-state index in [0.717, 1.165) is 51.4 Å². The van der Waals surface area contributed by atoms with Gasteiger partial charge in [-0.05, 0) is 51.4 Å². The van der Waals surface area contributed by atoms with E-state index in [1.54, 1.807) is 0 Å². The minimum atomic E-state index is -4.33. The fourth-order valence-corrected chi connectivity index (χ4v) is 12.3. The molecule has 0 heterocycles. The molecule has 3 N–H and O–H groups in total. The smallest absolute Gasteiger partial charge is 0.391 e. The van der Waals surface area contributed by atoms with Gasteiger partial charge in [-0.1, -0.05) is 365 Å². The summed E-state index contributed by atoms with van der Waals surface area (Å²) in [5.41, 5.74) is 0. The first kappa shape index (κ1) is 82.7. The molecule has 84 heavy (non-hydrogen) atoms. The molecule has 0 saturated heterocycles. The Morgan fingerprint density at radius 2 is 0.679 bits per heavy atom. The molecular weight excluding hydrogens is 1060 g/mol. The highest BCUT2D eigenvalue weighted by Gasteiger charge is 2.28. The molecule has 0 bridgehead atoms. The van der Waals surface area contributed by atoms with Crippen LogP contribution in [0, 0.1) is 0 Å². The van der Waals surface area contributed by atoms with E-state index in [9.17, 15) is 19.4 Å². The first-order valence-corrected chi connectivity index (χ1v) is 38.8. The molecule has 0 aromatic heterocycles. The van der Waals surface area contributed by atoms with E-state index < -0.39 is 20.0 Å². The minimum Gasteiger partial charge on any atom is -0.391 e. The number of quaternary nitrogens is 1. The van der Waals surface area contributed by atoms with Gasteiger partial charge in [0, 0.05) is 6.42 Å². The minimum absolute atomic E-state index is 0.0773. The third kappa shape index (κ3) is 68.2. The second-order valence-electron chi connectivity index (χ2n) is 27.0. The molecule has 3 unspecified atom stereocenters. The van der Waals surface area contributed by atoms with E-state index >= 15 is 0 Å².